The highest BCUT2D eigenvalue weighted by Crippen LogP contribution is 2.45. The van der Waals surface area contributed by atoms with Crippen LogP contribution in [0.2, 0.25) is 0 Å². The highest BCUT2D eigenvalue weighted by atomic mass is 32.1. The number of thiophene rings is 1. The first kappa shape index (κ1) is 27.0. The van der Waals surface area contributed by atoms with Crippen molar-refractivity contribution in [2.24, 2.45) is 4.99 Å². The summed E-state index contributed by atoms with van der Waals surface area (Å²) in [4.78, 5) is 11.7. The van der Waals surface area contributed by atoms with Crippen molar-refractivity contribution in [1.29, 1.82) is 5.41 Å². The van der Waals surface area contributed by atoms with Crippen molar-refractivity contribution in [3.05, 3.63) is 156 Å². The van der Waals surface area contributed by atoms with Crippen LogP contribution < -0.4 is 0 Å². The summed E-state index contributed by atoms with van der Waals surface area (Å²) in [6.45, 7) is 2.10. The van der Waals surface area contributed by atoms with E-state index in [9.17, 15) is 5.41 Å². The van der Waals surface area contributed by atoms with Gasteiger partial charge >= 0.3 is 0 Å². The Morgan fingerprint density at radius 3 is 2.19 bits per heavy atom. The van der Waals surface area contributed by atoms with E-state index in [1.165, 1.54) is 20.3 Å². The lowest BCUT2D eigenvalue weighted by molar-refractivity contribution is 1.19. The average molecular weight is 634 g/mol. The lowest BCUT2D eigenvalue weighted by Crippen LogP contribution is -2.14. The third-order valence-electron chi connectivity index (χ3n) is 9.55. The van der Waals surface area contributed by atoms with Crippen molar-refractivity contribution in [1.82, 2.24) is 14.0 Å². The van der Waals surface area contributed by atoms with Gasteiger partial charge in [-0.25, -0.2) is 9.98 Å². The van der Waals surface area contributed by atoms with Crippen molar-refractivity contribution in [3.63, 3.8) is 0 Å². The number of nitrogens with zero attached hydrogens (tertiary/aromatic N) is 4. The Kier molecular flexibility index (Phi) is 5.74. The van der Waals surface area contributed by atoms with E-state index in [4.69, 9.17) is 9.98 Å². The van der Waals surface area contributed by atoms with Crippen LogP contribution in [0.3, 0.4) is 0 Å². The van der Waals surface area contributed by atoms with E-state index in [0.29, 0.717) is 0 Å². The summed E-state index contributed by atoms with van der Waals surface area (Å²) >= 11 is 1.80. The Balaban J connectivity index is 1.40. The van der Waals surface area contributed by atoms with Gasteiger partial charge in [-0.05, 0) is 42.1 Å². The van der Waals surface area contributed by atoms with Crippen molar-refractivity contribution in [3.8, 4) is 0 Å². The summed E-state index contributed by atoms with van der Waals surface area (Å²) in [7, 11) is 0. The molecule has 48 heavy (non-hydrogen) atoms. The maximum atomic E-state index is 9.82. The van der Waals surface area contributed by atoms with Crippen molar-refractivity contribution in [2.45, 2.75) is 6.92 Å². The monoisotopic (exact) mass is 633 g/mol. The third-order valence-corrected chi connectivity index (χ3v) is 10.7. The van der Waals surface area contributed by atoms with Gasteiger partial charge in [0, 0.05) is 37.4 Å². The van der Waals surface area contributed by atoms with Crippen LogP contribution in [0.25, 0.3) is 69.6 Å². The Labute approximate surface area is 279 Å². The quantitative estimate of drug-likeness (QED) is 0.149. The predicted octanol–water partition coefficient (Wildman–Crippen LogP) is 10.7. The molecule has 0 unspecified atom stereocenters. The van der Waals surface area contributed by atoms with Crippen molar-refractivity contribution >= 4 is 92.6 Å². The molecule has 0 spiro atoms. The molecule has 0 fully saturated rings. The molecule has 1 N–H and O–H groups in total. The molecule has 0 aliphatic heterocycles. The van der Waals surface area contributed by atoms with Gasteiger partial charge in [0.05, 0.1) is 33.2 Å². The Morgan fingerprint density at radius 1 is 0.646 bits per heavy atom. The zero-order valence-electron chi connectivity index (χ0n) is 26.0. The summed E-state index contributed by atoms with van der Waals surface area (Å²) < 4.78 is 5.60. The second-order valence-electron chi connectivity index (χ2n) is 12.2. The fraction of sp³-hybridized carbons (Fsp3) is 0.0238. The maximum absolute atomic E-state index is 9.82. The van der Waals surface area contributed by atoms with Gasteiger partial charge in [0.1, 0.15) is 10.5 Å². The number of benzene rings is 6. The molecule has 6 aromatic carbocycles. The minimum Gasteiger partial charge on any atom is -0.283 e. The van der Waals surface area contributed by atoms with E-state index in [0.717, 1.165) is 71.7 Å². The Morgan fingerprint density at radius 2 is 1.33 bits per heavy atom. The van der Waals surface area contributed by atoms with Gasteiger partial charge in [-0.15, -0.1) is 11.3 Å². The smallest absolute Gasteiger partial charge is 0.227 e. The van der Waals surface area contributed by atoms with Crippen LogP contribution in [0.4, 0.5) is 0 Å². The molecule has 4 aromatic heterocycles. The molecule has 10 aromatic rings. The van der Waals surface area contributed by atoms with Gasteiger partial charge in [0.2, 0.25) is 5.96 Å². The number of pyridine rings is 1. The van der Waals surface area contributed by atoms with Crippen LogP contribution in [-0.4, -0.2) is 25.6 Å². The molecule has 0 radical (unpaired) electrons. The maximum Gasteiger partial charge on any atom is 0.227 e. The van der Waals surface area contributed by atoms with Crippen LogP contribution in [0.5, 0.6) is 0 Å². The molecule has 4 heterocycles. The standard InChI is InChI=1S/C42H27N5S/c1-25-13-5-6-16-27(25)38(26-14-3-2-4-15-26)45-42(43)46-33-20-10-7-17-28(33)29-23-24-31-36-30-18-8-12-22-35(30)48-41(36)47-34-21-11-9-19-32(34)44-40(47)37(31)39(29)46/h2-24,43H,1H3/b43-42?,45-38-. The van der Waals surface area contributed by atoms with E-state index in [-0.39, 0.29) is 5.96 Å². The number of aryl methyl sites for hydroxylation is 1. The molecule has 0 saturated carbocycles. The average Bonchev–Trinajstić information content (AvgIpc) is 3.81. The molecule has 0 aliphatic carbocycles. The largest absolute Gasteiger partial charge is 0.283 e. The first-order valence-electron chi connectivity index (χ1n) is 16.0. The highest BCUT2D eigenvalue weighted by Gasteiger charge is 2.24. The lowest BCUT2D eigenvalue weighted by Gasteiger charge is -2.13. The highest BCUT2D eigenvalue weighted by molar-refractivity contribution is 7.25. The first-order chi connectivity index (χ1) is 23.7. The number of para-hydroxylation sites is 3. The van der Waals surface area contributed by atoms with Gasteiger partial charge in [-0.2, -0.15) is 0 Å². The van der Waals surface area contributed by atoms with E-state index in [1.807, 2.05) is 47.0 Å². The number of rotatable bonds is 2. The fourth-order valence-electron chi connectivity index (χ4n) is 7.43. The van der Waals surface area contributed by atoms with Gasteiger partial charge in [0.15, 0.2) is 0 Å². The molecule has 0 atom stereocenters. The van der Waals surface area contributed by atoms with E-state index in [1.54, 1.807) is 11.3 Å². The molecular weight excluding hydrogens is 607 g/mol. The number of fused-ring (bicyclic) bond motifs is 14. The zero-order chi connectivity index (χ0) is 31.9. The number of aromatic nitrogens is 3. The van der Waals surface area contributed by atoms with E-state index >= 15 is 0 Å². The van der Waals surface area contributed by atoms with Gasteiger partial charge < -0.3 is 0 Å². The molecule has 10 rings (SSSR count). The van der Waals surface area contributed by atoms with Crippen molar-refractivity contribution in [2.75, 3.05) is 0 Å². The number of hydrogen-bond acceptors (Lipinski definition) is 3. The molecular formula is C42H27N5S. The second-order valence-corrected chi connectivity index (χ2v) is 13.3. The molecule has 0 saturated heterocycles. The first-order valence-corrected chi connectivity index (χ1v) is 16.8. The minimum absolute atomic E-state index is 0.153. The molecule has 5 nitrogen and oxygen atoms in total. The number of imidazole rings is 1. The molecule has 6 heteroatoms. The van der Waals surface area contributed by atoms with E-state index < -0.39 is 0 Å². The Bertz CT molecular complexity index is 2980. The number of aliphatic imine (C=N–C) groups is 1. The number of hydrogen-bond donors (Lipinski definition) is 1. The normalized spacial score (nSPS) is 12.5. The van der Waals surface area contributed by atoms with E-state index in [2.05, 4.69) is 108 Å². The summed E-state index contributed by atoms with van der Waals surface area (Å²) in [5.41, 5.74) is 8.65. The number of nitrogens with one attached hydrogen (secondary N) is 1. The van der Waals surface area contributed by atoms with Crippen LogP contribution >= 0.6 is 11.3 Å². The van der Waals surface area contributed by atoms with Crippen LogP contribution in [-0.2, 0) is 0 Å². The molecule has 0 aliphatic rings. The topological polar surface area (TPSA) is 58.4 Å². The van der Waals surface area contributed by atoms with Crippen LogP contribution in [0.1, 0.15) is 16.7 Å². The summed E-state index contributed by atoms with van der Waals surface area (Å²) in [5, 5.41) is 16.5. The fourth-order valence-corrected chi connectivity index (χ4v) is 8.67. The zero-order valence-corrected chi connectivity index (χ0v) is 26.8. The Hall–Kier alpha value is -6.11. The predicted molar refractivity (Wildman–Crippen MR) is 202 cm³/mol. The SMILES string of the molecule is Cc1ccccc1/C(=N\C(=N)n1c2ccccc2c2ccc3c(c21)c1nc2ccccc2n1c1sc2ccccc2c31)c1ccccc1. The summed E-state index contributed by atoms with van der Waals surface area (Å²) in [5.74, 6) is 0.153. The van der Waals surface area contributed by atoms with Gasteiger partial charge in [-0.3, -0.25) is 14.4 Å². The minimum atomic E-state index is 0.153. The summed E-state index contributed by atoms with van der Waals surface area (Å²) in [6.07, 6.45) is 0. The van der Waals surface area contributed by atoms with Gasteiger partial charge in [0.25, 0.3) is 0 Å². The molecule has 0 amide bonds. The molecule has 0 bridgehead atoms. The van der Waals surface area contributed by atoms with Gasteiger partial charge in [-0.1, -0.05) is 115 Å². The third kappa shape index (κ3) is 3.75. The van der Waals surface area contributed by atoms with Crippen molar-refractivity contribution < 1.29 is 0 Å². The van der Waals surface area contributed by atoms with Crippen LogP contribution in [0, 0.1) is 12.3 Å². The summed E-state index contributed by atoms with van der Waals surface area (Å²) in [6, 6.07) is 48.3. The lowest BCUT2D eigenvalue weighted by atomic mass is 9.98. The molecule has 226 valence electrons. The second kappa shape index (κ2) is 10.2. The van der Waals surface area contributed by atoms with Crippen LogP contribution in [0.15, 0.2) is 145 Å².